The van der Waals surface area contributed by atoms with Gasteiger partial charge in [0.1, 0.15) is 5.75 Å². The second-order valence-corrected chi connectivity index (χ2v) is 3.85. The molecule has 1 heterocycles. The molecule has 0 fully saturated rings. The zero-order valence-corrected chi connectivity index (χ0v) is 10.2. The highest BCUT2D eigenvalue weighted by molar-refractivity contribution is 6.35. The maximum Gasteiger partial charge on any atom is 0.254 e. The molecule has 2 aromatic rings. The summed E-state index contributed by atoms with van der Waals surface area (Å²) in [6, 6.07) is 5.07. The summed E-state index contributed by atoms with van der Waals surface area (Å²) < 4.78 is 5.17. The third-order valence-electron chi connectivity index (χ3n) is 2.48. The largest absolute Gasteiger partial charge is 0.496 e. The summed E-state index contributed by atoms with van der Waals surface area (Å²) in [5, 5.41) is 3.85. The number of fused-ring (bicyclic) bond motifs is 1. The molecule has 2 rings (SSSR count). The molecule has 0 bridgehead atoms. The molecule has 0 atom stereocenters. The molecule has 4 nitrogen and oxygen atoms in total. The summed E-state index contributed by atoms with van der Waals surface area (Å²) in [6.45, 7) is 0. The minimum atomic E-state index is -0.219. The van der Waals surface area contributed by atoms with Gasteiger partial charge in [-0.1, -0.05) is 11.6 Å². The van der Waals surface area contributed by atoms with E-state index in [2.05, 4.69) is 10.3 Å². The second-order valence-electron chi connectivity index (χ2n) is 3.44. The quantitative estimate of drug-likeness (QED) is 0.890. The number of hydrogen-bond donors (Lipinski definition) is 1. The zero-order chi connectivity index (χ0) is 12.4. The second kappa shape index (κ2) is 4.59. The molecule has 0 saturated heterocycles. The molecular formula is C12H11ClN2O2. The van der Waals surface area contributed by atoms with E-state index in [0.717, 1.165) is 5.39 Å². The van der Waals surface area contributed by atoms with E-state index in [-0.39, 0.29) is 5.91 Å². The molecular weight excluding hydrogens is 240 g/mol. The predicted octanol–water partition coefficient (Wildman–Crippen LogP) is 2.26. The fraction of sp³-hybridized carbons (Fsp3) is 0.167. The fourth-order valence-electron chi connectivity index (χ4n) is 1.62. The third-order valence-corrected chi connectivity index (χ3v) is 2.81. The number of amides is 1. The number of halogens is 1. The number of nitrogens with one attached hydrogen (secondary N) is 1. The van der Waals surface area contributed by atoms with Crippen LogP contribution in [0, 0.1) is 0 Å². The van der Waals surface area contributed by atoms with Gasteiger partial charge in [-0.25, -0.2) is 0 Å². The number of ether oxygens (including phenoxy) is 1. The molecule has 0 aliphatic heterocycles. The fourth-order valence-corrected chi connectivity index (χ4v) is 1.83. The highest BCUT2D eigenvalue weighted by Gasteiger charge is 2.13. The number of carbonyl (C=O) groups is 1. The zero-order valence-electron chi connectivity index (χ0n) is 9.45. The minimum absolute atomic E-state index is 0.219. The van der Waals surface area contributed by atoms with E-state index in [1.165, 1.54) is 7.11 Å². The number of benzene rings is 1. The highest BCUT2D eigenvalue weighted by atomic mass is 35.5. The van der Waals surface area contributed by atoms with Crippen LogP contribution in [0.5, 0.6) is 5.75 Å². The summed E-state index contributed by atoms with van der Waals surface area (Å²) in [6.07, 6.45) is 1.61. The number of carbonyl (C=O) groups excluding carboxylic acids is 1. The summed E-state index contributed by atoms with van der Waals surface area (Å²) in [4.78, 5) is 15.9. The van der Waals surface area contributed by atoms with E-state index in [9.17, 15) is 4.79 Å². The van der Waals surface area contributed by atoms with Gasteiger partial charge in [0.2, 0.25) is 0 Å². The van der Waals surface area contributed by atoms with Crippen molar-refractivity contribution >= 4 is 28.4 Å². The normalized spacial score (nSPS) is 10.3. The average molecular weight is 251 g/mol. The van der Waals surface area contributed by atoms with Gasteiger partial charge in [0.05, 0.1) is 23.2 Å². The maximum atomic E-state index is 11.7. The van der Waals surface area contributed by atoms with Crippen LogP contribution >= 0.6 is 11.6 Å². The van der Waals surface area contributed by atoms with Crippen LogP contribution in [0.3, 0.4) is 0 Å². The lowest BCUT2D eigenvalue weighted by molar-refractivity contribution is 0.0960. The summed E-state index contributed by atoms with van der Waals surface area (Å²) in [7, 11) is 3.08. The SMILES string of the molecule is CNC(=O)c1cc2c(Cl)ccnc2cc1OC. The topological polar surface area (TPSA) is 51.2 Å². The van der Waals surface area contributed by atoms with Crippen molar-refractivity contribution < 1.29 is 9.53 Å². The van der Waals surface area contributed by atoms with Crippen molar-refractivity contribution in [1.29, 1.82) is 0 Å². The standard InChI is InChI=1S/C12H11ClN2O2/c1-14-12(16)8-5-7-9(13)3-4-15-10(7)6-11(8)17-2/h3-6H,1-2H3,(H,14,16). The van der Waals surface area contributed by atoms with Crippen molar-refractivity contribution in [1.82, 2.24) is 10.3 Å². The molecule has 1 N–H and O–H groups in total. The van der Waals surface area contributed by atoms with Crippen LogP contribution in [0.4, 0.5) is 0 Å². The van der Waals surface area contributed by atoms with Crippen molar-refractivity contribution in [3.63, 3.8) is 0 Å². The molecule has 0 aliphatic carbocycles. The van der Waals surface area contributed by atoms with Crippen LogP contribution in [-0.4, -0.2) is 25.0 Å². The van der Waals surface area contributed by atoms with E-state index < -0.39 is 0 Å². The molecule has 0 spiro atoms. The first-order chi connectivity index (χ1) is 8.17. The number of hydrogen-bond acceptors (Lipinski definition) is 3. The van der Waals surface area contributed by atoms with Crippen molar-refractivity contribution in [3.8, 4) is 5.75 Å². The Morgan fingerprint density at radius 1 is 1.47 bits per heavy atom. The Morgan fingerprint density at radius 3 is 2.88 bits per heavy atom. The average Bonchev–Trinajstić information content (AvgIpc) is 2.37. The first-order valence-corrected chi connectivity index (χ1v) is 5.39. The molecule has 1 aromatic heterocycles. The Hall–Kier alpha value is -1.81. The van der Waals surface area contributed by atoms with E-state index in [4.69, 9.17) is 16.3 Å². The summed E-state index contributed by atoms with van der Waals surface area (Å²) in [5.41, 5.74) is 1.14. The molecule has 5 heteroatoms. The van der Waals surface area contributed by atoms with Crippen LogP contribution in [-0.2, 0) is 0 Å². The first kappa shape index (κ1) is 11.7. The monoisotopic (exact) mass is 250 g/mol. The Kier molecular flexibility index (Phi) is 3.15. The van der Waals surface area contributed by atoms with Crippen molar-refractivity contribution in [3.05, 3.63) is 35.0 Å². The maximum absolute atomic E-state index is 11.7. The molecule has 0 saturated carbocycles. The van der Waals surface area contributed by atoms with E-state index in [1.54, 1.807) is 31.4 Å². The smallest absolute Gasteiger partial charge is 0.254 e. The van der Waals surface area contributed by atoms with Gasteiger partial charge in [0.15, 0.2) is 0 Å². The highest BCUT2D eigenvalue weighted by Crippen LogP contribution is 2.28. The van der Waals surface area contributed by atoms with E-state index in [0.29, 0.717) is 21.9 Å². The predicted molar refractivity (Wildman–Crippen MR) is 66.7 cm³/mol. The molecule has 88 valence electrons. The van der Waals surface area contributed by atoms with Gasteiger partial charge in [0.25, 0.3) is 5.91 Å². The van der Waals surface area contributed by atoms with Gasteiger partial charge < -0.3 is 10.1 Å². The van der Waals surface area contributed by atoms with Gasteiger partial charge in [0, 0.05) is 24.7 Å². The minimum Gasteiger partial charge on any atom is -0.496 e. The van der Waals surface area contributed by atoms with Crippen LogP contribution in [0.2, 0.25) is 5.02 Å². The Morgan fingerprint density at radius 2 is 2.24 bits per heavy atom. The number of methoxy groups -OCH3 is 1. The van der Waals surface area contributed by atoms with Crippen molar-refractivity contribution in [2.45, 2.75) is 0 Å². The van der Waals surface area contributed by atoms with Crippen LogP contribution in [0.1, 0.15) is 10.4 Å². The third kappa shape index (κ3) is 2.03. The molecule has 0 unspecified atom stereocenters. The van der Waals surface area contributed by atoms with Crippen LogP contribution in [0.25, 0.3) is 10.9 Å². The van der Waals surface area contributed by atoms with Gasteiger partial charge in [-0.05, 0) is 12.1 Å². The molecule has 17 heavy (non-hydrogen) atoms. The number of nitrogens with zero attached hydrogens (tertiary/aromatic N) is 1. The van der Waals surface area contributed by atoms with Gasteiger partial charge >= 0.3 is 0 Å². The van der Waals surface area contributed by atoms with E-state index in [1.807, 2.05) is 0 Å². The van der Waals surface area contributed by atoms with Gasteiger partial charge in [-0.15, -0.1) is 0 Å². The van der Waals surface area contributed by atoms with Crippen molar-refractivity contribution in [2.24, 2.45) is 0 Å². The Bertz CT molecular complexity index is 584. The first-order valence-electron chi connectivity index (χ1n) is 5.01. The molecule has 0 radical (unpaired) electrons. The number of aromatic nitrogens is 1. The molecule has 0 aliphatic rings. The molecule has 1 aromatic carbocycles. The number of pyridine rings is 1. The summed E-state index contributed by atoms with van der Waals surface area (Å²) in [5.74, 6) is 0.260. The lowest BCUT2D eigenvalue weighted by Gasteiger charge is -2.09. The Balaban J connectivity index is 2.74. The number of rotatable bonds is 2. The van der Waals surface area contributed by atoms with Crippen molar-refractivity contribution in [2.75, 3.05) is 14.2 Å². The summed E-state index contributed by atoms with van der Waals surface area (Å²) >= 11 is 6.06. The van der Waals surface area contributed by atoms with Crippen LogP contribution < -0.4 is 10.1 Å². The van der Waals surface area contributed by atoms with E-state index >= 15 is 0 Å². The Labute approximate surface area is 104 Å². The lowest BCUT2D eigenvalue weighted by Crippen LogP contribution is -2.18. The van der Waals surface area contributed by atoms with Gasteiger partial charge in [-0.3, -0.25) is 9.78 Å². The molecule has 1 amide bonds. The lowest BCUT2D eigenvalue weighted by atomic mass is 10.1. The van der Waals surface area contributed by atoms with Gasteiger partial charge in [-0.2, -0.15) is 0 Å². The van der Waals surface area contributed by atoms with Crippen LogP contribution in [0.15, 0.2) is 24.4 Å².